The number of urea groups is 1. The second-order valence-electron chi connectivity index (χ2n) is 4.50. The van der Waals surface area contributed by atoms with Crippen LogP contribution in [0.2, 0.25) is 0 Å². The maximum Gasteiger partial charge on any atom is 0.323 e. The standard InChI is InChI=1S/C15H14BrFN2O/c1-9-7-11(16)8-10(2)14(9)19-15(20)18-13-5-3-12(17)4-6-13/h3-8H,1-2H3,(H2,18,19,20). The maximum atomic E-state index is 12.8. The first kappa shape index (κ1) is 14.5. The average Bonchev–Trinajstić information content (AvgIpc) is 2.36. The molecule has 0 fully saturated rings. The van der Waals surface area contributed by atoms with E-state index >= 15 is 0 Å². The van der Waals surface area contributed by atoms with Crippen LogP contribution in [-0.4, -0.2) is 6.03 Å². The predicted octanol–water partition coefficient (Wildman–Crippen LogP) is 4.85. The quantitative estimate of drug-likeness (QED) is 0.808. The normalized spacial score (nSPS) is 10.2. The molecular weight excluding hydrogens is 323 g/mol. The number of rotatable bonds is 2. The van der Waals surface area contributed by atoms with Gasteiger partial charge in [0, 0.05) is 15.8 Å². The number of aryl methyl sites for hydroxylation is 2. The first-order valence-electron chi connectivity index (χ1n) is 6.06. The summed E-state index contributed by atoms with van der Waals surface area (Å²) >= 11 is 3.41. The molecule has 20 heavy (non-hydrogen) atoms. The Labute approximate surface area is 125 Å². The molecule has 0 aliphatic heterocycles. The molecule has 0 atom stereocenters. The molecule has 2 N–H and O–H groups in total. The van der Waals surface area contributed by atoms with Crippen molar-refractivity contribution in [2.45, 2.75) is 13.8 Å². The smallest absolute Gasteiger partial charge is 0.308 e. The number of benzene rings is 2. The molecule has 5 heteroatoms. The van der Waals surface area contributed by atoms with Crippen molar-refractivity contribution in [1.29, 1.82) is 0 Å². The van der Waals surface area contributed by atoms with Gasteiger partial charge in [0.25, 0.3) is 0 Å². The Bertz CT molecular complexity index is 618. The summed E-state index contributed by atoms with van der Waals surface area (Å²) in [5, 5.41) is 5.46. The maximum absolute atomic E-state index is 12.8. The molecule has 0 aromatic heterocycles. The molecule has 104 valence electrons. The highest BCUT2D eigenvalue weighted by molar-refractivity contribution is 9.10. The van der Waals surface area contributed by atoms with Crippen LogP contribution in [0.15, 0.2) is 40.9 Å². The lowest BCUT2D eigenvalue weighted by molar-refractivity contribution is 0.262. The van der Waals surface area contributed by atoms with Gasteiger partial charge in [0.2, 0.25) is 0 Å². The molecule has 0 bridgehead atoms. The molecule has 0 aliphatic carbocycles. The second-order valence-corrected chi connectivity index (χ2v) is 5.42. The third-order valence-corrected chi connectivity index (χ3v) is 3.30. The molecule has 2 amide bonds. The Morgan fingerprint density at radius 2 is 1.60 bits per heavy atom. The van der Waals surface area contributed by atoms with Gasteiger partial charge >= 0.3 is 6.03 Å². The van der Waals surface area contributed by atoms with E-state index in [1.165, 1.54) is 24.3 Å². The summed E-state index contributed by atoms with van der Waals surface area (Å²) in [6.45, 7) is 3.84. The van der Waals surface area contributed by atoms with Crippen LogP contribution < -0.4 is 10.6 Å². The summed E-state index contributed by atoms with van der Waals surface area (Å²) in [5.41, 5.74) is 3.24. The van der Waals surface area contributed by atoms with E-state index in [2.05, 4.69) is 26.6 Å². The Kier molecular flexibility index (Phi) is 4.39. The van der Waals surface area contributed by atoms with Gasteiger partial charge in [-0.15, -0.1) is 0 Å². The Morgan fingerprint density at radius 1 is 1.05 bits per heavy atom. The van der Waals surface area contributed by atoms with Crippen LogP contribution in [-0.2, 0) is 0 Å². The summed E-state index contributed by atoms with van der Waals surface area (Å²) in [7, 11) is 0. The van der Waals surface area contributed by atoms with Gasteiger partial charge in [0.15, 0.2) is 0 Å². The highest BCUT2D eigenvalue weighted by Crippen LogP contribution is 2.25. The van der Waals surface area contributed by atoms with Crippen LogP contribution in [0.1, 0.15) is 11.1 Å². The number of nitrogens with one attached hydrogen (secondary N) is 2. The number of carbonyl (C=O) groups is 1. The lowest BCUT2D eigenvalue weighted by Gasteiger charge is -2.13. The molecule has 0 saturated carbocycles. The SMILES string of the molecule is Cc1cc(Br)cc(C)c1NC(=O)Nc1ccc(F)cc1. The number of anilines is 2. The zero-order valence-electron chi connectivity index (χ0n) is 11.1. The first-order chi connectivity index (χ1) is 9.45. The minimum atomic E-state index is -0.356. The van der Waals surface area contributed by atoms with Crippen molar-refractivity contribution in [3.63, 3.8) is 0 Å². The van der Waals surface area contributed by atoms with Crippen molar-refractivity contribution in [1.82, 2.24) is 0 Å². The molecule has 0 aliphatic rings. The Hall–Kier alpha value is -1.88. The summed E-state index contributed by atoms with van der Waals surface area (Å²) in [6.07, 6.45) is 0. The fourth-order valence-electron chi connectivity index (χ4n) is 1.92. The Morgan fingerprint density at radius 3 is 2.15 bits per heavy atom. The van der Waals surface area contributed by atoms with E-state index in [9.17, 15) is 9.18 Å². The Balaban J connectivity index is 2.10. The number of hydrogen-bond acceptors (Lipinski definition) is 1. The first-order valence-corrected chi connectivity index (χ1v) is 6.85. The van der Waals surface area contributed by atoms with Crippen LogP contribution in [0, 0.1) is 19.7 Å². The lowest BCUT2D eigenvalue weighted by Crippen LogP contribution is -2.20. The third kappa shape index (κ3) is 3.57. The molecule has 0 unspecified atom stereocenters. The van der Waals surface area contributed by atoms with Gasteiger partial charge in [-0.05, 0) is 61.4 Å². The van der Waals surface area contributed by atoms with Crippen molar-refractivity contribution in [3.8, 4) is 0 Å². The van der Waals surface area contributed by atoms with E-state index in [0.717, 1.165) is 21.3 Å². The van der Waals surface area contributed by atoms with E-state index in [0.29, 0.717) is 5.69 Å². The molecular formula is C15H14BrFN2O. The predicted molar refractivity (Wildman–Crippen MR) is 82.7 cm³/mol. The van der Waals surface area contributed by atoms with Crippen molar-refractivity contribution in [3.05, 3.63) is 57.8 Å². The van der Waals surface area contributed by atoms with E-state index in [1.807, 2.05) is 26.0 Å². The van der Waals surface area contributed by atoms with Gasteiger partial charge in [-0.25, -0.2) is 9.18 Å². The monoisotopic (exact) mass is 336 g/mol. The topological polar surface area (TPSA) is 41.1 Å². The molecule has 2 aromatic carbocycles. The summed E-state index contributed by atoms with van der Waals surface area (Å²) in [4.78, 5) is 11.9. The minimum absolute atomic E-state index is 0.337. The molecule has 2 aromatic rings. The van der Waals surface area contributed by atoms with E-state index in [4.69, 9.17) is 0 Å². The van der Waals surface area contributed by atoms with Crippen molar-refractivity contribution in [2.75, 3.05) is 10.6 Å². The fraction of sp³-hybridized carbons (Fsp3) is 0.133. The van der Waals surface area contributed by atoms with Crippen molar-refractivity contribution in [2.24, 2.45) is 0 Å². The van der Waals surface area contributed by atoms with Gasteiger partial charge in [-0.3, -0.25) is 0 Å². The van der Waals surface area contributed by atoms with Crippen LogP contribution >= 0.6 is 15.9 Å². The molecule has 2 rings (SSSR count). The van der Waals surface area contributed by atoms with Crippen molar-refractivity contribution < 1.29 is 9.18 Å². The molecule has 0 radical (unpaired) electrons. The van der Waals surface area contributed by atoms with Crippen LogP contribution in [0.5, 0.6) is 0 Å². The number of halogens is 2. The second kappa shape index (κ2) is 6.05. The van der Waals surface area contributed by atoms with Gasteiger partial charge in [0.05, 0.1) is 0 Å². The van der Waals surface area contributed by atoms with Crippen LogP contribution in [0.3, 0.4) is 0 Å². The van der Waals surface area contributed by atoms with Gasteiger partial charge in [0.1, 0.15) is 5.82 Å². The van der Waals surface area contributed by atoms with Crippen LogP contribution in [0.4, 0.5) is 20.6 Å². The number of carbonyl (C=O) groups excluding carboxylic acids is 1. The average molecular weight is 337 g/mol. The van der Waals surface area contributed by atoms with Crippen molar-refractivity contribution >= 4 is 33.3 Å². The highest BCUT2D eigenvalue weighted by atomic mass is 79.9. The van der Waals surface area contributed by atoms with E-state index in [-0.39, 0.29) is 11.8 Å². The van der Waals surface area contributed by atoms with Gasteiger partial charge in [-0.2, -0.15) is 0 Å². The fourth-order valence-corrected chi connectivity index (χ4v) is 2.60. The number of amides is 2. The zero-order chi connectivity index (χ0) is 14.7. The zero-order valence-corrected chi connectivity index (χ0v) is 12.7. The highest BCUT2D eigenvalue weighted by Gasteiger charge is 2.08. The molecule has 0 spiro atoms. The largest absolute Gasteiger partial charge is 0.323 e. The van der Waals surface area contributed by atoms with Gasteiger partial charge < -0.3 is 10.6 Å². The number of hydrogen-bond donors (Lipinski definition) is 2. The molecule has 0 saturated heterocycles. The summed E-state index contributed by atoms with van der Waals surface area (Å²) in [6, 6.07) is 9.12. The lowest BCUT2D eigenvalue weighted by atomic mass is 10.1. The van der Waals surface area contributed by atoms with E-state index < -0.39 is 0 Å². The van der Waals surface area contributed by atoms with E-state index in [1.54, 1.807) is 0 Å². The minimum Gasteiger partial charge on any atom is -0.308 e. The van der Waals surface area contributed by atoms with Crippen LogP contribution in [0.25, 0.3) is 0 Å². The summed E-state index contributed by atoms with van der Waals surface area (Å²) < 4.78 is 13.8. The third-order valence-electron chi connectivity index (χ3n) is 2.84. The van der Waals surface area contributed by atoms with Gasteiger partial charge in [-0.1, -0.05) is 15.9 Å². The molecule has 3 nitrogen and oxygen atoms in total. The summed E-state index contributed by atoms with van der Waals surface area (Å²) in [5.74, 6) is -0.337. The molecule has 0 heterocycles.